The van der Waals surface area contributed by atoms with Crippen LogP contribution in [0.5, 0.6) is 0 Å². The molecule has 4 rings (SSSR count). The number of hydrogen-bond acceptors (Lipinski definition) is 6. The number of sulfonamides is 1. The topological polar surface area (TPSA) is 108 Å². The number of aromatic nitrogens is 3. The molecule has 0 spiro atoms. The summed E-state index contributed by atoms with van der Waals surface area (Å²) >= 11 is 4.72. The highest BCUT2D eigenvalue weighted by Crippen LogP contribution is 2.21. The minimum Gasteiger partial charge on any atom is -0.354 e. The van der Waals surface area contributed by atoms with Gasteiger partial charge >= 0.3 is 0 Å². The van der Waals surface area contributed by atoms with Crippen molar-refractivity contribution in [1.29, 1.82) is 0 Å². The Kier molecular flexibility index (Phi) is 8.92. The summed E-state index contributed by atoms with van der Waals surface area (Å²) in [4.78, 5) is 17.3. The standard InChI is InChI=1S/C25H24BrN5O3S2/c26-21-11-13-22(14-12-21)36(33,34)31(17-19-7-3-1-4-8-19)18-23(32)27-15-16-35-25-28-24(29-30-25)20-9-5-2-6-10-20/h1-14H,15-18H2,(H,27,32)(H,28,29,30). The Morgan fingerprint density at radius 2 is 1.64 bits per heavy atom. The van der Waals surface area contributed by atoms with Crippen LogP contribution in [0, 0.1) is 0 Å². The van der Waals surface area contributed by atoms with Gasteiger partial charge in [0.25, 0.3) is 0 Å². The Balaban J connectivity index is 1.35. The number of nitrogens with zero attached hydrogens (tertiary/aromatic N) is 3. The van der Waals surface area contributed by atoms with E-state index < -0.39 is 10.0 Å². The molecule has 0 radical (unpaired) electrons. The zero-order valence-corrected chi connectivity index (χ0v) is 22.4. The number of thioether (sulfide) groups is 1. The second-order valence-electron chi connectivity index (χ2n) is 7.74. The first-order valence-corrected chi connectivity index (χ1v) is 14.3. The third-order valence-corrected chi connectivity index (χ3v) is 8.32. The average Bonchev–Trinajstić information content (AvgIpc) is 3.37. The molecular weight excluding hydrogens is 562 g/mol. The molecule has 1 heterocycles. The number of halogens is 1. The van der Waals surface area contributed by atoms with E-state index in [9.17, 15) is 13.2 Å². The van der Waals surface area contributed by atoms with Crippen molar-refractivity contribution in [1.82, 2.24) is 24.8 Å². The van der Waals surface area contributed by atoms with E-state index >= 15 is 0 Å². The first-order valence-electron chi connectivity index (χ1n) is 11.1. The van der Waals surface area contributed by atoms with Gasteiger partial charge < -0.3 is 5.32 Å². The Morgan fingerprint density at radius 1 is 0.972 bits per heavy atom. The van der Waals surface area contributed by atoms with Crippen LogP contribution in [0.25, 0.3) is 11.4 Å². The highest BCUT2D eigenvalue weighted by molar-refractivity contribution is 9.10. The smallest absolute Gasteiger partial charge is 0.243 e. The van der Waals surface area contributed by atoms with E-state index in [1.54, 1.807) is 12.1 Å². The molecule has 0 aliphatic carbocycles. The van der Waals surface area contributed by atoms with Crippen molar-refractivity contribution < 1.29 is 13.2 Å². The van der Waals surface area contributed by atoms with E-state index in [2.05, 4.69) is 36.4 Å². The molecule has 2 N–H and O–H groups in total. The number of nitrogens with one attached hydrogen (secondary N) is 2. The highest BCUT2D eigenvalue weighted by atomic mass is 79.9. The van der Waals surface area contributed by atoms with E-state index in [1.807, 2.05) is 60.7 Å². The first kappa shape index (κ1) is 26.1. The normalized spacial score (nSPS) is 11.5. The molecular formula is C25H24BrN5O3S2. The van der Waals surface area contributed by atoms with Gasteiger partial charge in [-0.2, -0.15) is 4.31 Å². The fourth-order valence-electron chi connectivity index (χ4n) is 3.35. The molecule has 0 aliphatic heterocycles. The van der Waals surface area contributed by atoms with E-state index in [0.29, 0.717) is 23.3 Å². The van der Waals surface area contributed by atoms with Crippen LogP contribution in [0.2, 0.25) is 0 Å². The second-order valence-corrected chi connectivity index (χ2v) is 11.7. The molecule has 11 heteroatoms. The van der Waals surface area contributed by atoms with Gasteiger partial charge in [0.05, 0.1) is 11.4 Å². The summed E-state index contributed by atoms with van der Waals surface area (Å²) in [6.45, 7) is 0.133. The Morgan fingerprint density at radius 3 is 2.33 bits per heavy atom. The van der Waals surface area contributed by atoms with Crippen LogP contribution >= 0.6 is 27.7 Å². The third-order valence-electron chi connectivity index (χ3n) is 5.14. The summed E-state index contributed by atoms with van der Waals surface area (Å²) < 4.78 is 28.6. The lowest BCUT2D eigenvalue weighted by Crippen LogP contribution is -2.40. The first-order chi connectivity index (χ1) is 17.4. The number of aromatic amines is 1. The lowest BCUT2D eigenvalue weighted by Gasteiger charge is -2.22. The molecule has 1 aromatic heterocycles. The lowest BCUT2D eigenvalue weighted by molar-refractivity contribution is -0.121. The van der Waals surface area contributed by atoms with Gasteiger partial charge in [-0.25, -0.2) is 13.4 Å². The Bertz CT molecular complexity index is 1380. The van der Waals surface area contributed by atoms with Gasteiger partial charge in [0.2, 0.25) is 21.1 Å². The summed E-state index contributed by atoms with van der Waals surface area (Å²) in [7, 11) is -3.89. The van der Waals surface area contributed by atoms with Gasteiger partial charge in [0, 0.05) is 28.9 Å². The van der Waals surface area contributed by atoms with Crippen molar-refractivity contribution in [2.75, 3.05) is 18.8 Å². The highest BCUT2D eigenvalue weighted by Gasteiger charge is 2.27. The molecule has 3 aromatic carbocycles. The quantitative estimate of drug-likeness (QED) is 0.200. The number of rotatable bonds is 11. The van der Waals surface area contributed by atoms with E-state index in [4.69, 9.17) is 0 Å². The zero-order chi connectivity index (χ0) is 25.4. The number of carbonyl (C=O) groups is 1. The molecule has 1 amide bonds. The van der Waals surface area contributed by atoms with Crippen LogP contribution < -0.4 is 5.32 Å². The summed E-state index contributed by atoms with van der Waals surface area (Å²) in [5.74, 6) is 0.833. The minimum atomic E-state index is -3.89. The van der Waals surface area contributed by atoms with Gasteiger partial charge in [-0.3, -0.25) is 9.89 Å². The summed E-state index contributed by atoms with van der Waals surface area (Å²) in [5.41, 5.74) is 1.73. The third kappa shape index (κ3) is 7.03. The van der Waals surface area contributed by atoms with Crippen molar-refractivity contribution in [2.45, 2.75) is 16.6 Å². The van der Waals surface area contributed by atoms with Gasteiger partial charge in [-0.15, -0.1) is 5.10 Å². The molecule has 0 fully saturated rings. The van der Waals surface area contributed by atoms with E-state index in [0.717, 1.165) is 15.6 Å². The van der Waals surface area contributed by atoms with Crippen LogP contribution in [0.4, 0.5) is 0 Å². The van der Waals surface area contributed by atoms with E-state index in [1.165, 1.54) is 28.2 Å². The van der Waals surface area contributed by atoms with Gasteiger partial charge in [0.15, 0.2) is 5.82 Å². The van der Waals surface area contributed by atoms with Gasteiger partial charge in [-0.05, 0) is 29.8 Å². The van der Waals surface area contributed by atoms with Gasteiger partial charge in [-0.1, -0.05) is 88.4 Å². The predicted molar refractivity (Wildman–Crippen MR) is 144 cm³/mol. The van der Waals surface area contributed by atoms with Crippen LogP contribution in [0.1, 0.15) is 5.56 Å². The number of benzene rings is 3. The van der Waals surface area contributed by atoms with Gasteiger partial charge in [0.1, 0.15) is 0 Å². The van der Waals surface area contributed by atoms with Crippen LogP contribution in [-0.4, -0.2) is 52.7 Å². The zero-order valence-electron chi connectivity index (χ0n) is 19.2. The predicted octanol–water partition coefficient (Wildman–Crippen LogP) is 4.33. The average molecular weight is 587 g/mol. The summed E-state index contributed by atoms with van der Waals surface area (Å²) in [6, 6.07) is 25.2. The summed E-state index contributed by atoms with van der Waals surface area (Å²) in [6.07, 6.45) is 0. The maximum absolute atomic E-state index is 13.3. The molecule has 0 saturated heterocycles. The van der Waals surface area contributed by atoms with Crippen molar-refractivity contribution in [3.05, 3.63) is 95.0 Å². The molecule has 36 heavy (non-hydrogen) atoms. The Hall–Kier alpha value is -2.99. The SMILES string of the molecule is O=C(CN(Cc1ccccc1)S(=O)(=O)c1ccc(Br)cc1)NCCSc1n[nH]c(-c2ccccc2)n1. The fraction of sp³-hybridized carbons (Fsp3) is 0.160. The lowest BCUT2D eigenvalue weighted by atomic mass is 10.2. The van der Waals surface area contributed by atoms with Crippen LogP contribution in [-0.2, 0) is 21.4 Å². The molecule has 0 saturated carbocycles. The molecule has 8 nitrogen and oxygen atoms in total. The molecule has 4 aromatic rings. The fourth-order valence-corrected chi connectivity index (χ4v) is 5.65. The monoisotopic (exact) mass is 585 g/mol. The van der Waals surface area contributed by atoms with Crippen LogP contribution in [0.15, 0.2) is 99.5 Å². The molecule has 186 valence electrons. The van der Waals surface area contributed by atoms with Crippen molar-refractivity contribution in [3.8, 4) is 11.4 Å². The van der Waals surface area contributed by atoms with E-state index in [-0.39, 0.29) is 23.9 Å². The van der Waals surface area contributed by atoms with Crippen LogP contribution in [0.3, 0.4) is 0 Å². The molecule has 0 aliphatic rings. The summed E-state index contributed by atoms with van der Waals surface area (Å²) in [5, 5.41) is 10.5. The minimum absolute atomic E-state index is 0.0842. The van der Waals surface area contributed by atoms with Crippen molar-refractivity contribution in [3.63, 3.8) is 0 Å². The van der Waals surface area contributed by atoms with Crippen molar-refractivity contribution in [2.24, 2.45) is 0 Å². The number of amides is 1. The molecule has 0 atom stereocenters. The number of H-pyrrole nitrogens is 1. The Labute approximate surface area is 222 Å². The maximum Gasteiger partial charge on any atom is 0.243 e. The largest absolute Gasteiger partial charge is 0.354 e. The van der Waals surface area contributed by atoms with Crippen molar-refractivity contribution >= 4 is 43.6 Å². The molecule has 0 unspecified atom stereocenters. The second kappa shape index (κ2) is 12.3. The molecule has 0 bridgehead atoms. The maximum atomic E-state index is 13.3. The number of carbonyl (C=O) groups excluding carboxylic acids is 1. The number of hydrogen-bond donors (Lipinski definition) is 2.